The zero-order valence-corrected chi connectivity index (χ0v) is 15.8. The van der Waals surface area contributed by atoms with Gasteiger partial charge in [-0.1, -0.05) is 6.92 Å². The molecule has 1 fully saturated rings. The monoisotopic (exact) mass is 374 g/mol. The number of nitriles is 1. The van der Waals surface area contributed by atoms with Gasteiger partial charge in [0, 0.05) is 37.6 Å². The van der Waals surface area contributed by atoms with Gasteiger partial charge in [0.15, 0.2) is 5.69 Å². The van der Waals surface area contributed by atoms with E-state index in [1.165, 1.54) is 18.1 Å². The van der Waals surface area contributed by atoms with Crippen molar-refractivity contribution in [2.45, 2.75) is 6.92 Å². The molecule has 3 heterocycles. The van der Waals surface area contributed by atoms with Crippen molar-refractivity contribution in [3.05, 3.63) is 54.9 Å². The Labute approximate surface area is 164 Å². The van der Waals surface area contributed by atoms with E-state index in [-0.39, 0.29) is 5.69 Å². The van der Waals surface area contributed by atoms with Crippen LogP contribution in [0.1, 0.15) is 12.6 Å². The second-order valence-corrected chi connectivity index (χ2v) is 6.63. The first-order valence-electron chi connectivity index (χ1n) is 9.36. The summed E-state index contributed by atoms with van der Waals surface area (Å²) in [6.45, 7) is 7.71. The Morgan fingerprint density at radius 1 is 0.964 bits per heavy atom. The second-order valence-electron chi connectivity index (χ2n) is 6.63. The van der Waals surface area contributed by atoms with Crippen LogP contribution in [0, 0.1) is 11.3 Å². The molecule has 1 aliphatic heterocycles. The number of rotatable bonds is 5. The molecule has 8 heteroatoms. The van der Waals surface area contributed by atoms with E-state index >= 15 is 0 Å². The van der Waals surface area contributed by atoms with Crippen molar-refractivity contribution in [3.8, 4) is 11.8 Å². The molecule has 8 nitrogen and oxygen atoms in total. The second kappa shape index (κ2) is 8.06. The fraction of sp³-hybridized carbons (Fsp3) is 0.300. The van der Waals surface area contributed by atoms with Crippen LogP contribution in [0.25, 0.3) is 5.69 Å². The molecule has 28 heavy (non-hydrogen) atoms. The van der Waals surface area contributed by atoms with E-state index in [2.05, 4.69) is 61.3 Å². The molecule has 0 unspecified atom stereocenters. The zero-order chi connectivity index (χ0) is 19.3. The van der Waals surface area contributed by atoms with Gasteiger partial charge in [-0.2, -0.15) is 5.26 Å². The first-order chi connectivity index (χ1) is 13.7. The Bertz CT molecular complexity index is 947. The Balaban J connectivity index is 1.41. The van der Waals surface area contributed by atoms with E-state index in [0.717, 1.165) is 38.4 Å². The summed E-state index contributed by atoms with van der Waals surface area (Å²) in [7, 11) is 0. The molecule has 1 aromatic carbocycles. The third kappa shape index (κ3) is 3.94. The topological polar surface area (TPSA) is 85.9 Å². The molecular formula is C20H22N8. The number of nitrogens with one attached hydrogen (secondary N) is 1. The molecule has 1 aliphatic rings. The van der Waals surface area contributed by atoms with Crippen molar-refractivity contribution in [1.29, 1.82) is 5.26 Å². The van der Waals surface area contributed by atoms with Gasteiger partial charge in [0.05, 0.1) is 18.6 Å². The minimum Gasteiger partial charge on any atom is -0.369 e. The van der Waals surface area contributed by atoms with Gasteiger partial charge >= 0.3 is 0 Å². The largest absolute Gasteiger partial charge is 0.369 e. The van der Waals surface area contributed by atoms with E-state index in [1.54, 1.807) is 6.33 Å². The van der Waals surface area contributed by atoms with E-state index in [0.29, 0.717) is 11.6 Å². The minimum atomic E-state index is 0.285. The molecule has 0 radical (unpaired) electrons. The lowest BCUT2D eigenvalue weighted by Crippen LogP contribution is -2.46. The van der Waals surface area contributed by atoms with E-state index in [4.69, 9.17) is 5.26 Å². The highest BCUT2D eigenvalue weighted by molar-refractivity contribution is 5.54. The van der Waals surface area contributed by atoms with Crippen molar-refractivity contribution < 1.29 is 0 Å². The molecule has 0 atom stereocenters. The van der Waals surface area contributed by atoms with Crippen LogP contribution in [0.4, 0.5) is 17.3 Å². The molecule has 0 bridgehead atoms. The van der Waals surface area contributed by atoms with Crippen LogP contribution < -0.4 is 10.2 Å². The number of imidazole rings is 1. The first-order valence-corrected chi connectivity index (χ1v) is 9.36. The van der Waals surface area contributed by atoms with Crippen molar-refractivity contribution in [3.63, 3.8) is 0 Å². The zero-order valence-electron chi connectivity index (χ0n) is 15.8. The van der Waals surface area contributed by atoms with E-state index in [1.807, 2.05) is 16.8 Å². The molecule has 1 saturated heterocycles. The number of hydrogen-bond acceptors (Lipinski definition) is 7. The van der Waals surface area contributed by atoms with Gasteiger partial charge in [0.1, 0.15) is 24.0 Å². The van der Waals surface area contributed by atoms with Gasteiger partial charge < -0.3 is 19.7 Å². The average Bonchev–Trinajstić information content (AvgIpc) is 3.23. The number of piperazine rings is 1. The predicted octanol–water partition coefficient (Wildman–Crippen LogP) is 2.42. The Morgan fingerprint density at radius 3 is 2.36 bits per heavy atom. The van der Waals surface area contributed by atoms with Crippen molar-refractivity contribution in [2.24, 2.45) is 0 Å². The Morgan fingerprint density at radius 2 is 1.71 bits per heavy atom. The highest BCUT2D eigenvalue weighted by Gasteiger charge is 2.15. The lowest BCUT2D eigenvalue weighted by Gasteiger charge is -2.35. The molecule has 1 N–H and O–H groups in total. The number of hydrogen-bond donors (Lipinski definition) is 1. The summed E-state index contributed by atoms with van der Waals surface area (Å²) in [4.78, 5) is 17.4. The molecule has 4 rings (SSSR count). The maximum absolute atomic E-state index is 8.78. The maximum atomic E-state index is 8.78. The summed E-state index contributed by atoms with van der Waals surface area (Å²) in [6.07, 6.45) is 6.60. The normalized spacial score (nSPS) is 14.6. The van der Waals surface area contributed by atoms with Gasteiger partial charge in [-0.15, -0.1) is 0 Å². The molecule has 2 aromatic heterocycles. The number of anilines is 3. The minimum absolute atomic E-state index is 0.285. The quantitative estimate of drug-likeness (QED) is 0.734. The molecule has 0 aliphatic carbocycles. The number of aromatic nitrogens is 4. The van der Waals surface area contributed by atoms with Crippen LogP contribution in [-0.2, 0) is 0 Å². The van der Waals surface area contributed by atoms with Crippen LogP contribution in [-0.4, -0.2) is 57.1 Å². The van der Waals surface area contributed by atoms with Gasteiger partial charge in [0.25, 0.3) is 0 Å². The molecule has 3 aromatic rings. The summed E-state index contributed by atoms with van der Waals surface area (Å²) in [5, 5.41) is 11.9. The average molecular weight is 374 g/mol. The standard InChI is InChI=1S/C20H22N8/c1-2-26-7-9-27(10-8-26)17-3-5-18(6-4-17)28-14-20(24-15-28)25-19-13-22-16(11-21)12-23-19/h3-6,12-15H,2,7-10H2,1H3,(H,23,25). The van der Waals surface area contributed by atoms with Crippen LogP contribution in [0.15, 0.2) is 49.2 Å². The van der Waals surface area contributed by atoms with Crippen LogP contribution in [0.2, 0.25) is 0 Å². The lowest BCUT2D eigenvalue weighted by molar-refractivity contribution is 0.271. The number of benzene rings is 1. The highest BCUT2D eigenvalue weighted by atomic mass is 15.3. The number of likely N-dealkylation sites (N-methyl/N-ethyl adjacent to an activating group) is 1. The summed E-state index contributed by atoms with van der Waals surface area (Å²) < 4.78 is 1.96. The summed E-state index contributed by atoms with van der Waals surface area (Å²) in [6, 6.07) is 10.5. The summed E-state index contributed by atoms with van der Waals surface area (Å²) in [5.41, 5.74) is 2.58. The molecule has 0 saturated carbocycles. The Hall–Kier alpha value is -3.44. The fourth-order valence-electron chi connectivity index (χ4n) is 3.27. The fourth-order valence-corrected chi connectivity index (χ4v) is 3.27. The van der Waals surface area contributed by atoms with Gasteiger partial charge in [0.2, 0.25) is 0 Å². The third-order valence-corrected chi connectivity index (χ3v) is 4.94. The molecule has 142 valence electrons. The van der Waals surface area contributed by atoms with Crippen molar-refractivity contribution in [2.75, 3.05) is 42.9 Å². The SMILES string of the molecule is CCN1CCN(c2ccc(-n3cnc(Nc4cnc(C#N)cn4)c3)cc2)CC1. The van der Waals surface area contributed by atoms with Crippen molar-refractivity contribution >= 4 is 17.3 Å². The van der Waals surface area contributed by atoms with E-state index in [9.17, 15) is 0 Å². The Kier molecular flexibility index (Phi) is 5.17. The van der Waals surface area contributed by atoms with Crippen LogP contribution in [0.5, 0.6) is 0 Å². The molecular weight excluding hydrogens is 352 g/mol. The van der Waals surface area contributed by atoms with Gasteiger partial charge in [-0.25, -0.2) is 15.0 Å². The first kappa shape index (κ1) is 17.9. The van der Waals surface area contributed by atoms with Gasteiger partial charge in [-0.05, 0) is 30.8 Å². The molecule has 0 amide bonds. The highest BCUT2D eigenvalue weighted by Crippen LogP contribution is 2.20. The maximum Gasteiger partial charge on any atom is 0.158 e. The number of nitrogens with zero attached hydrogens (tertiary/aromatic N) is 7. The smallest absolute Gasteiger partial charge is 0.158 e. The van der Waals surface area contributed by atoms with E-state index < -0.39 is 0 Å². The van der Waals surface area contributed by atoms with Crippen LogP contribution >= 0.6 is 0 Å². The van der Waals surface area contributed by atoms with Crippen molar-refractivity contribution in [1.82, 2.24) is 24.4 Å². The molecule has 0 spiro atoms. The predicted molar refractivity (Wildman–Crippen MR) is 108 cm³/mol. The lowest BCUT2D eigenvalue weighted by atomic mass is 10.2. The summed E-state index contributed by atoms with van der Waals surface area (Å²) in [5.74, 6) is 1.21. The van der Waals surface area contributed by atoms with Crippen LogP contribution in [0.3, 0.4) is 0 Å². The summed E-state index contributed by atoms with van der Waals surface area (Å²) >= 11 is 0. The van der Waals surface area contributed by atoms with Gasteiger partial charge in [-0.3, -0.25) is 0 Å². The third-order valence-electron chi connectivity index (χ3n) is 4.94.